The van der Waals surface area contributed by atoms with Crippen molar-refractivity contribution in [2.24, 2.45) is 10.9 Å². The average Bonchev–Trinajstić information content (AvgIpc) is 2.79. The van der Waals surface area contributed by atoms with Gasteiger partial charge in [0, 0.05) is 30.4 Å². The summed E-state index contributed by atoms with van der Waals surface area (Å²) in [4.78, 5) is 0. The molecule has 0 aromatic heterocycles. The van der Waals surface area contributed by atoms with Gasteiger partial charge in [-0.25, -0.2) is 5.14 Å². The standard InChI is InChI=1S/C15H22N4O4S/c1-22-13-8-11(12(16)9-14(13)23-2)15(17)10-4-3-6-19(7-5-10)24(18,20)21/h5,8-9,16H,3-4,6-7,17H2,1-2H3,(H2,18,20,21)/b15-11-,16-12?. The lowest BCUT2D eigenvalue weighted by Crippen LogP contribution is -2.36. The Morgan fingerprint density at radius 3 is 2.46 bits per heavy atom. The molecule has 1 aliphatic heterocycles. The summed E-state index contributed by atoms with van der Waals surface area (Å²) in [6, 6.07) is 0. The number of allylic oxidation sites excluding steroid dienone is 4. The largest absolute Gasteiger partial charge is 0.493 e. The molecule has 2 rings (SSSR count). The monoisotopic (exact) mass is 354 g/mol. The normalized spacial score (nSPS) is 22.1. The van der Waals surface area contributed by atoms with Gasteiger partial charge in [0.15, 0.2) is 11.5 Å². The van der Waals surface area contributed by atoms with Gasteiger partial charge in [-0.2, -0.15) is 12.7 Å². The van der Waals surface area contributed by atoms with E-state index >= 15 is 0 Å². The Kier molecular flexibility index (Phi) is 5.47. The van der Waals surface area contributed by atoms with E-state index in [1.54, 1.807) is 12.2 Å². The Labute approximate surface area is 141 Å². The first kappa shape index (κ1) is 18.2. The van der Waals surface area contributed by atoms with Crippen molar-refractivity contribution < 1.29 is 17.9 Å². The molecule has 0 spiro atoms. The summed E-state index contributed by atoms with van der Waals surface area (Å²) in [6.45, 7) is 0.501. The highest BCUT2D eigenvalue weighted by molar-refractivity contribution is 7.86. The van der Waals surface area contributed by atoms with Gasteiger partial charge in [-0.1, -0.05) is 6.08 Å². The van der Waals surface area contributed by atoms with Gasteiger partial charge in [0.1, 0.15) is 0 Å². The zero-order valence-corrected chi connectivity index (χ0v) is 14.5. The Morgan fingerprint density at radius 2 is 1.88 bits per heavy atom. The van der Waals surface area contributed by atoms with Crippen molar-refractivity contribution in [1.82, 2.24) is 4.31 Å². The maximum absolute atomic E-state index is 11.5. The minimum absolute atomic E-state index is 0.162. The third-order valence-electron chi connectivity index (χ3n) is 3.91. The molecule has 0 atom stereocenters. The molecule has 0 aromatic carbocycles. The number of nitrogens with two attached hydrogens (primary N) is 2. The molecule has 132 valence electrons. The van der Waals surface area contributed by atoms with E-state index < -0.39 is 10.2 Å². The second kappa shape index (κ2) is 7.20. The van der Waals surface area contributed by atoms with Gasteiger partial charge >= 0.3 is 0 Å². The van der Waals surface area contributed by atoms with Gasteiger partial charge in [-0.05, 0) is 24.5 Å². The third kappa shape index (κ3) is 3.86. The third-order valence-corrected chi connectivity index (χ3v) is 4.97. The van der Waals surface area contributed by atoms with Crippen LogP contribution in [0.25, 0.3) is 0 Å². The number of nitrogens with zero attached hydrogens (tertiary/aromatic N) is 1. The van der Waals surface area contributed by atoms with E-state index in [1.165, 1.54) is 24.6 Å². The maximum atomic E-state index is 11.5. The van der Waals surface area contributed by atoms with E-state index in [1.807, 2.05) is 0 Å². The second-order valence-electron chi connectivity index (χ2n) is 5.40. The fourth-order valence-corrected chi connectivity index (χ4v) is 3.27. The summed E-state index contributed by atoms with van der Waals surface area (Å²) in [5.41, 5.74) is 8.19. The molecule has 1 heterocycles. The zero-order valence-electron chi connectivity index (χ0n) is 13.7. The van der Waals surface area contributed by atoms with Crippen molar-refractivity contribution in [2.75, 3.05) is 27.3 Å². The molecular weight excluding hydrogens is 332 g/mol. The fourth-order valence-electron chi connectivity index (χ4n) is 2.60. The van der Waals surface area contributed by atoms with E-state index in [9.17, 15) is 8.42 Å². The smallest absolute Gasteiger partial charge is 0.277 e. The molecule has 0 saturated carbocycles. The van der Waals surface area contributed by atoms with Crippen LogP contribution in [0.15, 0.2) is 46.6 Å². The highest BCUT2D eigenvalue weighted by Gasteiger charge is 2.23. The first-order valence-electron chi connectivity index (χ1n) is 7.35. The first-order chi connectivity index (χ1) is 11.3. The lowest BCUT2D eigenvalue weighted by Gasteiger charge is -2.18. The quantitative estimate of drug-likeness (QED) is 0.677. The van der Waals surface area contributed by atoms with E-state index in [4.69, 9.17) is 25.8 Å². The molecule has 0 bridgehead atoms. The van der Waals surface area contributed by atoms with E-state index in [0.29, 0.717) is 42.2 Å². The van der Waals surface area contributed by atoms with Crippen LogP contribution in [0.4, 0.5) is 0 Å². The summed E-state index contributed by atoms with van der Waals surface area (Å²) in [6.07, 6.45) is 6.13. The summed E-state index contributed by atoms with van der Waals surface area (Å²) < 4.78 is 34.6. The number of methoxy groups -OCH3 is 2. The molecule has 5 N–H and O–H groups in total. The van der Waals surface area contributed by atoms with E-state index in [-0.39, 0.29) is 12.3 Å². The minimum Gasteiger partial charge on any atom is -0.493 e. The molecule has 0 fully saturated rings. The maximum Gasteiger partial charge on any atom is 0.277 e. The summed E-state index contributed by atoms with van der Waals surface area (Å²) in [7, 11) is -0.716. The first-order valence-corrected chi connectivity index (χ1v) is 8.86. The Balaban J connectivity index is 2.36. The zero-order chi connectivity index (χ0) is 17.9. The number of nitrogens with one attached hydrogen (secondary N) is 1. The second-order valence-corrected chi connectivity index (χ2v) is 6.95. The van der Waals surface area contributed by atoms with Crippen molar-refractivity contribution >= 4 is 15.9 Å². The predicted molar refractivity (Wildman–Crippen MR) is 91.1 cm³/mol. The van der Waals surface area contributed by atoms with Crippen molar-refractivity contribution in [1.29, 1.82) is 5.41 Å². The van der Waals surface area contributed by atoms with Crippen LogP contribution in [0.2, 0.25) is 0 Å². The van der Waals surface area contributed by atoms with Crippen LogP contribution < -0.4 is 10.9 Å². The molecule has 0 unspecified atom stereocenters. The van der Waals surface area contributed by atoms with Crippen LogP contribution in [0, 0.1) is 5.41 Å². The van der Waals surface area contributed by atoms with Crippen LogP contribution in [0.5, 0.6) is 0 Å². The molecule has 0 saturated heterocycles. The van der Waals surface area contributed by atoms with Crippen LogP contribution in [0.1, 0.15) is 12.8 Å². The lowest BCUT2D eigenvalue weighted by atomic mass is 9.96. The predicted octanol–water partition coefficient (Wildman–Crippen LogP) is 0.519. The molecule has 0 radical (unpaired) electrons. The molecule has 24 heavy (non-hydrogen) atoms. The molecule has 8 nitrogen and oxygen atoms in total. The van der Waals surface area contributed by atoms with Gasteiger partial charge in [0.2, 0.25) is 0 Å². The average molecular weight is 354 g/mol. The van der Waals surface area contributed by atoms with E-state index in [2.05, 4.69) is 0 Å². The lowest BCUT2D eigenvalue weighted by molar-refractivity contribution is 0.220. The van der Waals surface area contributed by atoms with Crippen molar-refractivity contribution in [3.63, 3.8) is 0 Å². The Hall–Kier alpha value is -2.10. The highest BCUT2D eigenvalue weighted by Crippen LogP contribution is 2.27. The number of hydrogen-bond donors (Lipinski definition) is 3. The van der Waals surface area contributed by atoms with Gasteiger partial charge in [-0.3, -0.25) is 0 Å². The molecule has 0 aromatic rings. The highest BCUT2D eigenvalue weighted by atomic mass is 32.2. The summed E-state index contributed by atoms with van der Waals surface area (Å²) in [5, 5.41) is 13.3. The molecule has 0 amide bonds. The van der Waals surface area contributed by atoms with Crippen LogP contribution in [0.3, 0.4) is 0 Å². The van der Waals surface area contributed by atoms with Crippen molar-refractivity contribution in [3.8, 4) is 0 Å². The van der Waals surface area contributed by atoms with E-state index in [0.717, 1.165) is 5.57 Å². The minimum atomic E-state index is -3.73. The van der Waals surface area contributed by atoms with Crippen LogP contribution in [-0.2, 0) is 19.7 Å². The fraction of sp³-hybridized carbons (Fsp3) is 0.400. The SMILES string of the molecule is COC1=CC(=N)/C(=C(\N)C2=CCN(S(N)(=O)=O)CCC2)C=C1OC. The van der Waals surface area contributed by atoms with Crippen molar-refractivity contribution in [3.05, 3.63) is 46.6 Å². The number of rotatable bonds is 4. The van der Waals surface area contributed by atoms with Gasteiger partial charge in [-0.15, -0.1) is 0 Å². The molecule has 9 heteroatoms. The van der Waals surface area contributed by atoms with Gasteiger partial charge < -0.3 is 20.6 Å². The van der Waals surface area contributed by atoms with Gasteiger partial charge in [0.05, 0.1) is 19.9 Å². The Morgan fingerprint density at radius 1 is 1.25 bits per heavy atom. The van der Waals surface area contributed by atoms with Crippen LogP contribution >= 0.6 is 0 Å². The molecule has 1 aliphatic carbocycles. The van der Waals surface area contributed by atoms with Gasteiger partial charge in [0.25, 0.3) is 10.2 Å². The van der Waals surface area contributed by atoms with Crippen molar-refractivity contribution in [2.45, 2.75) is 12.8 Å². The van der Waals surface area contributed by atoms with Crippen LogP contribution in [-0.4, -0.2) is 45.7 Å². The summed E-state index contributed by atoms with van der Waals surface area (Å²) >= 11 is 0. The number of hydrogen-bond acceptors (Lipinski definition) is 6. The Bertz CT molecular complexity index is 762. The molecule has 2 aliphatic rings. The number of ether oxygens (including phenoxy) is 2. The molecular formula is C15H22N4O4S. The topological polar surface area (TPSA) is 132 Å². The summed E-state index contributed by atoms with van der Waals surface area (Å²) in [5.74, 6) is 0.932.